The molecule has 1 aliphatic heterocycles. The minimum Gasteiger partial charge on any atom is -0.370 e. The van der Waals surface area contributed by atoms with Crippen LogP contribution >= 0.6 is 0 Å². The van der Waals surface area contributed by atoms with Gasteiger partial charge in [0.15, 0.2) is 5.78 Å². The SMILES string of the molecule is O=C1CO[C@@H](C2CC2)C1. The second-order valence-electron chi connectivity index (χ2n) is 2.93. The van der Waals surface area contributed by atoms with Crippen LogP contribution in [0.2, 0.25) is 0 Å². The molecule has 0 aromatic heterocycles. The molecule has 2 nitrogen and oxygen atoms in total. The molecule has 1 heterocycles. The van der Waals surface area contributed by atoms with Crippen LogP contribution in [0.3, 0.4) is 0 Å². The van der Waals surface area contributed by atoms with Crippen molar-refractivity contribution in [1.29, 1.82) is 0 Å². The van der Waals surface area contributed by atoms with Gasteiger partial charge in [0.25, 0.3) is 0 Å². The van der Waals surface area contributed by atoms with E-state index in [2.05, 4.69) is 0 Å². The smallest absolute Gasteiger partial charge is 0.161 e. The first-order valence-electron chi connectivity index (χ1n) is 3.49. The zero-order valence-electron chi connectivity index (χ0n) is 5.30. The summed E-state index contributed by atoms with van der Waals surface area (Å²) in [6.45, 7) is 0.376. The predicted molar refractivity (Wildman–Crippen MR) is 32.1 cm³/mol. The van der Waals surface area contributed by atoms with Gasteiger partial charge in [-0.25, -0.2) is 0 Å². The Balaban J connectivity index is 1.92. The maximum Gasteiger partial charge on any atom is 0.161 e. The number of hydrogen-bond donors (Lipinski definition) is 0. The van der Waals surface area contributed by atoms with E-state index in [1.807, 2.05) is 0 Å². The monoisotopic (exact) mass is 126 g/mol. The van der Waals surface area contributed by atoms with Crippen molar-refractivity contribution < 1.29 is 9.53 Å². The number of ether oxygens (including phenoxy) is 1. The Hall–Kier alpha value is -0.370. The van der Waals surface area contributed by atoms with Gasteiger partial charge in [0, 0.05) is 6.42 Å². The second kappa shape index (κ2) is 1.81. The van der Waals surface area contributed by atoms with Gasteiger partial charge < -0.3 is 4.74 Å². The summed E-state index contributed by atoms with van der Waals surface area (Å²) in [5.41, 5.74) is 0. The second-order valence-corrected chi connectivity index (χ2v) is 2.93. The average Bonchev–Trinajstić information content (AvgIpc) is 2.58. The van der Waals surface area contributed by atoms with Crippen LogP contribution in [-0.2, 0) is 9.53 Å². The molecule has 0 amide bonds. The summed E-state index contributed by atoms with van der Waals surface area (Å²) < 4.78 is 5.24. The van der Waals surface area contributed by atoms with Crippen molar-refractivity contribution >= 4 is 5.78 Å². The average molecular weight is 126 g/mol. The Labute approximate surface area is 54.2 Å². The Morgan fingerprint density at radius 2 is 2.22 bits per heavy atom. The summed E-state index contributed by atoms with van der Waals surface area (Å²) in [6.07, 6.45) is 3.54. The minimum absolute atomic E-state index is 0.284. The highest BCUT2D eigenvalue weighted by Gasteiger charge is 2.36. The molecule has 1 aliphatic carbocycles. The zero-order chi connectivity index (χ0) is 6.27. The fourth-order valence-electron chi connectivity index (χ4n) is 1.31. The van der Waals surface area contributed by atoms with Crippen molar-refractivity contribution in [2.45, 2.75) is 25.4 Å². The van der Waals surface area contributed by atoms with Crippen LogP contribution in [0.1, 0.15) is 19.3 Å². The molecule has 1 saturated carbocycles. The third kappa shape index (κ3) is 0.990. The number of carbonyl (C=O) groups is 1. The highest BCUT2D eigenvalue weighted by Crippen LogP contribution is 2.37. The van der Waals surface area contributed by atoms with Crippen LogP contribution in [0.25, 0.3) is 0 Å². The lowest BCUT2D eigenvalue weighted by Crippen LogP contribution is -2.06. The van der Waals surface area contributed by atoms with Crippen molar-refractivity contribution in [3.05, 3.63) is 0 Å². The van der Waals surface area contributed by atoms with E-state index in [4.69, 9.17) is 4.74 Å². The molecule has 1 saturated heterocycles. The Morgan fingerprint density at radius 3 is 2.67 bits per heavy atom. The van der Waals surface area contributed by atoms with Crippen molar-refractivity contribution in [2.24, 2.45) is 5.92 Å². The number of carbonyl (C=O) groups excluding carboxylic acids is 1. The third-order valence-corrected chi connectivity index (χ3v) is 2.04. The van der Waals surface area contributed by atoms with Crippen molar-refractivity contribution in [3.8, 4) is 0 Å². The molecule has 2 heteroatoms. The van der Waals surface area contributed by atoms with Gasteiger partial charge in [-0.3, -0.25) is 4.79 Å². The summed E-state index contributed by atoms with van der Waals surface area (Å²) >= 11 is 0. The lowest BCUT2D eigenvalue weighted by Gasteiger charge is -2.02. The number of hydrogen-bond acceptors (Lipinski definition) is 2. The van der Waals surface area contributed by atoms with Crippen LogP contribution in [0.5, 0.6) is 0 Å². The van der Waals surface area contributed by atoms with Crippen LogP contribution in [0, 0.1) is 5.92 Å². The highest BCUT2D eigenvalue weighted by molar-refractivity contribution is 5.81. The van der Waals surface area contributed by atoms with Gasteiger partial charge in [0.1, 0.15) is 6.61 Å². The minimum atomic E-state index is 0.284. The normalized spacial score (nSPS) is 35.6. The van der Waals surface area contributed by atoms with Gasteiger partial charge in [-0.2, -0.15) is 0 Å². The Bertz CT molecular complexity index is 138. The number of ketones is 1. The molecule has 9 heavy (non-hydrogen) atoms. The van der Waals surface area contributed by atoms with Crippen molar-refractivity contribution in [3.63, 3.8) is 0 Å². The fourth-order valence-corrected chi connectivity index (χ4v) is 1.31. The van der Waals surface area contributed by atoms with Gasteiger partial charge in [-0.05, 0) is 18.8 Å². The van der Waals surface area contributed by atoms with Crippen LogP contribution < -0.4 is 0 Å². The van der Waals surface area contributed by atoms with E-state index in [9.17, 15) is 4.79 Å². The Morgan fingerprint density at radius 1 is 1.44 bits per heavy atom. The fraction of sp³-hybridized carbons (Fsp3) is 0.857. The molecular formula is C7H10O2. The highest BCUT2D eigenvalue weighted by atomic mass is 16.5. The van der Waals surface area contributed by atoms with E-state index in [0.29, 0.717) is 19.1 Å². The van der Waals surface area contributed by atoms with Gasteiger partial charge in [0.05, 0.1) is 6.10 Å². The molecule has 0 spiro atoms. The standard InChI is InChI=1S/C7H10O2/c8-6-3-7(9-4-6)5-1-2-5/h5,7H,1-4H2/t7-/m1/s1. The van der Waals surface area contributed by atoms with E-state index >= 15 is 0 Å². The summed E-state index contributed by atoms with van der Waals surface area (Å²) in [4.78, 5) is 10.7. The predicted octanol–water partition coefficient (Wildman–Crippen LogP) is 0.754. The largest absolute Gasteiger partial charge is 0.370 e. The summed E-state index contributed by atoms with van der Waals surface area (Å²) in [6, 6.07) is 0. The molecule has 2 fully saturated rings. The zero-order valence-corrected chi connectivity index (χ0v) is 5.30. The molecule has 0 bridgehead atoms. The van der Waals surface area contributed by atoms with Crippen molar-refractivity contribution in [1.82, 2.24) is 0 Å². The topological polar surface area (TPSA) is 26.3 Å². The molecule has 0 unspecified atom stereocenters. The molecule has 2 rings (SSSR count). The van der Waals surface area contributed by atoms with E-state index < -0.39 is 0 Å². The van der Waals surface area contributed by atoms with Crippen LogP contribution in [0.15, 0.2) is 0 Å². The maximum atomic E-state index is 10.7. The molecular weight excluding hydrogens is 116 g/mol. The molecule has 0 aromatic carbocycles. The van der Waals surface area contributed by atoms with Crippen molar-refractivity contribution in [2.75, 3.05) is 6.61 Å². The molecule has 0 radical (unpaired) electrons. The lowest BCUT2D eigenvalue weighted by atomic mass is 10.1. The van der Waals surface area contributed by atoms with E-state index in [1.165, 1.54) is 12.8 Å². The Kier molecular flexibility index (Phi) is 1.09. The molecule has 2 aliphatic rings. The first-order valence-corrected chi connectivity index (χ1v) is 3.49. The summed E-state index contributed by atoms with van der Waals surface area (Å²) in [7, 11) is 0. The summed E-state index contributed by atoms with van der Waals surface area (Å²) in [5, 5.41) is 0. The van der Waals surface area contributed by atoms with E-state index in [-0.39, 0.29) is 5.78 Å². The molecule has 1 atom stereocenters. The summed E-state index contributed by atoms with van der Waals surface area (Å²) in [5.74, 6) is 1.02. The van der Waals surface area contributed by atoms with Gasteiger partial charge in [-0.15, -0.1) is 0 Å². The van der Waals surface area contributed by atoms with Gasteiger partial charge in [0.2, 0.25) is 0 Å². The molecule has 0 aromatic rings. The third-order valence-electron chi connectivity index (χ3n) is 2.04. The first kappa shape index (κ1) is 5.42. The molecule has 0 N–H and O–H groups in total. The van der Waals surface area contributed by atoms with E-state index in [1.54, 1.807) is 0 Å². The first-order chi connectivity index (χ1) is 4.36. The van der Waals surface area contributed by atoms with Gasteiger partial charge >= 0.3 is 0 Å². The quantitative estimate of drug-likeness (QED) is 0.518. The van der Waals surface area contributed by atoms with E-state index in [0.717, 1.165) is 5.92 Å². The van der Waals surface area contributed by atoms with Crippen LogP contribution in [-0.4, -0.2) is 18.5 Å². The molecule has 50 valence electrons. The lowest BCUT2D eigenvalue weighted by molar-refractivity contribution is -0.117. The maximum absolute atomic E-state index is 10.7. The van der Waals surface area contributed by atoms with Gasteiger partial charge in [-0.1, -0.05) is 0 Å². The van der Waals surface area contributed by atoms with Crippen LogP contribution in [0.4, 0.5) is 0 Å². The number of rotatable bonds is 1. The number of Topliss-reactive ketones (excluding diaryl/α,β-unsaturated/α-hetero) is 1.